The number of hydrogen-bond donors (Lipinski definition) is 1. The smallest absolute Gasteiger partial charge is 0.328 e. The van der Waals surface area contributed by atoms with Crippen LogP contribution in [-0.2, 0) is 11.4 Å². The van der Waals surface area contributed by atoms with Crippen LogP contribution in [0.1, 0.15) is 18.1 Å². The average molecular weight is 417 g/mol. The van der Waals surface area contributed by atoms with Crippen LogP contribution in [0.15, 0.2) is 66.4 Å². The summed E-state index contributed by atoms with van der Waals surface area (Å²) in [5, 5.41) is 15.3. The van der Waals surface area contributed by atoms with Gasteiger partial charge < -0.3 is 10.1 Å². The van der Waals surface area contributed by atoms with Crippen molar-refractivity contribution in [1.82, 2.24) is 10.2 Å². The standard InChI is InChI=1S/C23H19N3O5/c1-2-25-22(27)20(24-23(25)28)13-19-18-6-4-3-5-16(18)9-12-21(19)31-14-15-7-10-17(11-8-15)26(29)30/h3-13H,2,14H2,1H3,(H,24,28)/b20-13+. The van der Waals surface area contributed by atoms with Gasteiger partial charge in [0.15, 0.2) is 0 Å². The fraction of sp³-hybridized carbons (Fsp3) is 0.130. The van der Waals surface area contributed by atoms with Crippen molar-refractivity contribution < 1.29 is 19.2 Å². The maximum absolute atomic E-state index is 12.5. The van der Waals surface area contributed by atoms with Crippen molar-refractivity contribution in [3.63, 3.8) is 0 Å². The fourth-order valence-electron chi connectivity index (χ4n) is 3.43. The highest BCUT2D eigenvalue weighted by molar-refractivity contribution is 6.14. The van der Waals surface area contributed by atoms with E-state index in [9.17, 15) is 19.7 Å². The van der Waals surface area contributed by atoms with E-state index >= 15 is 0 Å². The second-order valence-corrected chi connectivity index (χ2v) is 6.95. The molecule has 0 bridgehead atoms. The third-order valence-electron chi connectivity index (χ3n) is 5.04. The van der Waals surface area contributed by atoms with Gasteiger partial charge in [0.25, 0.3) is 11.6 Å². The Hall–Kier alpha value is -4.20. The Balaban J connectivity index is 1.69. The van der Waals surface area contributed by atoms with Gasteiger partial charge in [-0.2, -0.15) is 0 Å². The van der Waals surface area contributed by atoms with Crippen molar-refractivity contribution in [1.29, 1.82) is 0 Å². The molecule has 0 aromatic heterocycles. The highest BCUT2D eigenvalue weighted by Gasteiger charge is 2.32. The Morgan fingerprint density at radius 3 is 2.48 bits per heavy atom. The Labute approximate surface area is 177 Å². The van der Waals surface area contributed by atoms with Crippen molar-refractivity contribution in [2.75, 3.05) is 6.54 Å². The van der Waals surface area contributed by atoms with Crippen molar-refractivity contribution in [3.05, 3.63) is 87.6 Å². The van der Waals surface area contributed by atoms with Gasteiger partial charge in [0, 0.05) is 24.2 Å². The molecule has 0 spiro atoms. The lowest BCUT2D eigenvalue weighted by Crippen LogP contribution is -2.30. The van der Waals surface area contributed by atoms with Crippen LogP contribution in [-0.4, -0.2) is 28.3 Å². The first-order chi connectivity index (χ1) is 15.0. The normalized spacial score (nSPS) is 14.9. The highest BCUT2D eigenvalue weighted by atomic mass is 16.6. The number of carbonyl (C=O) groups is 2. The van der Waals surface area contributed by atoms with Crippen molar-refractivity contribution in [3.8, 4) is 5.75 Å². The first-order valence-electron chi connectivity index (χ1n) is 9.70. The topological polar surface area (TPSA) is 102 Å². The Kier molecular flexibility index (Phi) is 5.36. The van der Waals surface area contributed by atoms with Crippen LogP contribution in [0.2, 0.25) is 0 Å². The van der Waals surface area contributed by atoms with Crippen LogP contribution in [0.4, 0.5) is 10.5 Å². The number of nitrogens with one attached hydrogen (secondary N) is 1. The second-order valence-electron chi connectivity index (χ2n) is 6.95. The van der Waals surface area contributed by atoms with Gasteiger partial charge in [-0.05, 0) is 47.5 Å². The molecule has 0 atom stereocenters. The van der Waals surface area contributed by atoms with Gasteiger partial charge in [-0.1, -0.05) is 30.3 Å². The predicted molar refractivity (Wildman–Crippen MR) is 115 cm³/mol. The first-order valence-corrected chi connectivity index (χ1v) is 9.70. The Morgan fingerprint density at radius 1 is 1.06 bits per heavy atom. The van der Waals surface area contributed by atoms with Crippen LogP contribution >= 0.6 is 0 Å². The third kappa shape index (κ3) is 3.95. The lowest BCUT2D eigenvalue weighted by Gasteiger charge is -2.13. The minimum absolute atomic E-state index is 0.0100. The van der Waals surface area contributed by atoms with Gasteiger partial charge in [-0.25, -0.2) is 4.79 Å². The minimum Gasteiger partial charge on any atom is -0.488 e. The number of nitrogens with zero attached hydrogens (tertiary/aromatic N) is 2. The molecule has 31 heavy (non-hydrogen) atoms. The van der Waals surface area contributed by atoms with E-state index in [0.717, 1.165) is 21.2 Å². The molecule has 1 aliphatic heterocycles. The van der Waals surface area contributed by atoms with E-state index in [-0.39, 0.29) is 30.4 Å². The number of likely N-dealkylation sites (N-methyl/N-ethyl adjacent to an activating group) is 1. The Morgan fingerprint density at radius 2 is 1.81 bits per heavy atom. The molecular formula is C23H19N3O5. The monoisotopic (exact) mass is 417 g/mol. The van der Waals surface area contributed by atoms with Gasteiger partial charge in [0.1, 0.15) is 18.1 Å². The molecular weight excluding hydrogens is 398 g/mol. The number of urea groups is 1. The van der Waals surface area contributed by atoms with Crippen LogP contribution in [0.3, 0.4) is 0 Å². The summed E-state index contributed by atoms with van der Waals surface area (Å²) in [6, 6.07) is 17.1. The Bertz CT molecular complexity index is 1220. The minimum atomic E-state index is -0.454. The molecule has 1 heterocycles. The zero-order chi connectivity index (χ0) is 22.0. The molecule has 0 saturated carbocycles. The number of benzene rings is 3. The lowest BCUT2D eigenvalue weighted by atomic mass is 10.0. The molecule has 4 rings (SSSR count). The highest BCUT2D eigenvalue weighted by Crippen LogP contribution is 2.31. The molecule has 3 amide bonds. The van der Waals surface area contributed by atoms with E-state index in [1.807, 2.05) is 30.3 Å². The number of imide groups is 1. The number of fused-ring (bicyclic) bond motifs is 1. The van der Waals surface area contributed by atoms with E-state index < -0.39 is 11.0 Å². The van der Waals surface area contributed by atoms with E-state index in [4.69, 9.17) is 4.74 Å². The molecule has 1 aliphatic rings. The quantitative estimate of drug-likeness (QED) is 0.280. The zero-order valence-corrected chi connectivity index (χ0v) is 16.7. The fourth-order valence-corrected chi connectivity index (χ4v) is 3.43. The molecule has 0 aliphatic carbocycles. The summed E-state index contributed by atoms with van der Waals surface area (Å²) >= 11 is 0. The van der Waals surface area contributed by atoms with E-state index in [0.29, 0.717) is 11.3 Å². The molecule has 1 N–H and O–H groups in total. The summed E-state index contributed by atoms with van der Waals surface area (Å²) in [5.74, 6) is 0.142. The second kappa shape index (κ2) is 8.27. The van der Waals surface area contributed by atoms with Crippen LogP contribution in [0.5, 0.6) is 5.75 Å². The summed E-state index contributed by atoms with van der Waals surface area (Å²) in [6.07, 6.45) is 1.63. The number of carbonyl (C=O) groups excluding carboxylic acids is 2. The molecule has 1 saturated heterocycles. The van der Waals surface area contributed by atoms with E-state index in [1.165, 1.54) is 12.1 Å². The maximum atomic E-state index is 12.5. The van der Waals surface area contributed by atoms with Crippen LogP contribution in [0.25, 0.3) is 16.8 Å². The third-order valence-corrected chi connectivity index (χ3v) is 5.04. The van der Waals surface area contributed by atoms with Gasteiger partial charge >= 0.3 is 6.03 Å². The van der Waals surface area contributed by atoms with E-state index in [2.05, 4.69) is 5.32 Å². The molecule has 1 fully saturated rings. The van der Waals surface area contributed by atoms with Crippen molar-refractivity contribution in [2.24, 2.45) is 0 Å². The van der Waals surface area contributed by atoms with Crippen molar-refractivity contribution >= 4 is 34.5 Å². The molecule has 0 radical (unpaired) electrons. The number of hydrogen-bond acceptors (Lipinski definition) is 5. The zero-order valence-electron chi connectivity index (χ0n) is 16.7. The number of nitro groups is 1. The summed E-state index contributed by atoms with van der Waals surface area (Å²) in [7, 11) is 0. The number of ether oxygens (including phenoxy) is 1. The number of non-ortho nitro benzene ring substituents is 1. The number of nitro benzene ring substituents is 1. The van der Waals surface area contributed by atoms with E-state index in [1.54, 1.807) is 31.2 Å². The molecule has 8 nitrogen and oxygen atoms in total. The largest absolute Gasteiger partial charge is 0.488 e. The van der Waals surface area contributed by atoms with Crippen molar-refractivity contribution in [2.45, 2.75) is 13.5 Å². The SMILES string of the molecule is CCN1C(=O)N/C(=C/c2c(OCc3ccc([N+](=O)[O-])cc3)ccc3ccccc23)C1=O. The van der Waals surface area contributed by atoms with Gasteiger partial charge in [0.2, 0.25) is 0 Å². The van der Waals surface area contributed by atoms with Gasteiger partial charge in [-0.3, -0.25) is 19.8 Å². The summed E-state index contributed by atoms with van der Waals surface area (Å²) in [5.41, 5.74) is 1.63. The first kappa shape index (κ1) is 20.1. The average Bonchev–Trinajstić information content (AvgIpc) is 3.05. The summed E-state index contributed by atoms with van der Waals surface area (Å²) < 4.78 is 6.01. The number of amides is 3. The summed E-state index contributed by atoms with van der Waals surface area (Å²) in [4.78, 5) is 36.1. The van der Waals surface area contributed by atoms with Gasteiger partial charge in [0.05, 0.1) is 4.92 Å². The molecule has 156 valence electrons. The lowest BCUT2D eigenvalue weighted by molar-refractivity contribution is -0.384. The maximum Gasteiger partial charge on any atom is 0.328 e. The van der Waals surface area contributed by atoms with Crippen LogP contribution < -0.4 is 10.1 Å². The molecule has 3 aromatic rings. The molecule has 0 unspecified atom stereocenters. The predicted octanol–water partition coefficient (Wildman–Crippen LogP) is 4.24. The molecule has 8 heteroatoms. The summed E-state index contributed by atoms with van der Waals surface area (Å²) in [6.45, 7) is 2.20. The van der Waals surface area contributed by atoms with Crippen LogP contribution in [0, 0.1) is 10.1 Å². The van der Waals surface area contributed by atoms with Gasteiger partial charge in [-0.15, -0.1) is 0 Å². The number of rotatable bonds is 6. The molecule has 3 aromatic carbocycles.